The van der Waals surface area contributed by atoms with Crippen LogP contribution < -0.4 is 11.1 Å². The van der Waals surface area contributed by atoms with E-state index in [0.717, 1.165) is 12.1 Å². The van der Waals surface area contributed by atoms with E-state index < -0.39 is 32.9 Å². The van der Waals surface area contributed by atoms with Gasteiger partial charge in [0, 0.05) is 17.1 Å². The SMILES string of the molecule is Cc1c(Cl)cc(S(=O)(=O)O)cc1N[C@@H](CCC(N)=O)C(=O)O. The van der Waals surface area contributed by atoms with Gasteiger partial charge in [-0.3, -0.25) is 9.35 Å². The third kappa shape index (κ3) is 4.86. The molecule has 22 heavy (non-hydrogen) atoms. The summed E-state index contributed by atoms with van der Waals surface area (Å²) in [4.78, 5) is 21.5. The molecule has 0 aliphatic heterocycles. The highest BCUT2D eigenvalue weighted by Gasteiger charge is 2.21. The molecule has 10 heteroatoms. The molecule has 1 aromatic rings. The van der Waals surface area contributed by atoms with Crippen LogP contribution >= 0.6 is 11.6 Å². The Morgan fingerprint density at radius 2 is 2.00 bits per heavy atom. The Hall–Kier alpha value is -1.84. The molecule has 0 aliphatic rings. The van der Waals surface area contributed by atoms with Crippen LogP contribution in [-0.2, 0) is 19.7 Å². The summed E-state index contributed by atoms with van der Waals surface area (Å²) >= 11 is 5.88. The predicted octanol–water partition coefficient (Wildman–Crippen LogP) is 1.03. The van der Waals surface area contributed by atoms with Crippen molar-refractivity contribution in [2.75, 3.05) is 5.32 Å². The van der Waals surface area contributed by atoms with Gasteiger partial charge < -0.3 is 16.2 Å². The van der Waals surface area contributed by atoms with E-state index in [9.17, 15) is 18.0 Å². The lowest BCUT2D eigenvalue weighted by molar-refractivity contribution is -0.138. The molecule has 1 atom stereocenters. The summed E-state index contributed by atoms with van der Waals surface area (Å²) in [7, 11) is -4.49. The summed E-state index contributed by atoms with van der Waals surface area (Å²) in [6, 6.07) is 0.951. The number of benzene rings is 1. The summed E-state index contributed by atoms with van der Waals surface area (Å²) in [6.45, 7) is 1.55. The van der Waals surface area contributed by atoms with Crippen molar-refractivity contribution in [2.24, 2.45) is 5.73 Å². The molecule has 0 aliphatic carbocycles. The fourth-order valence-corrected chi connectivity index (χ4v) is 2.50. The van der Waals surface area contributed by atoms with Crippen LogP contribution in [0.1, 0.15) is 18.4 Å². The Morgan fingerprint density at radius 1 is 1.41 bits per heavy atom. The van der Waals surface area contributed by atoms with E-state index >= 15 is 0 Å². The van der Waals surface area contributed by atoms with E-state index in [1.807, 2.05) is 0 Å². The predicted molar refractivity (Wildman–Crippen MR) is 79.5 cm³/mol. The number of carbonyl (C=O) groups is 2. The second-order valence-electron chi connectivity index (χ2n) is 4.59. The van der Waals surface area contributed by atoms with Gasteiger partial charge in [-0.15, -0.1) is 0 Å². The zero-order valence-electron chi connectivity index (χ0n) is 11.5. The largest absolute Gasteiger partial charge is 0.480 e. The van der Waals surface area contributed by atoms with Crippen LogP contribution in [0.5, 0.6) is 0 Å². The number of rotatable bonds is 7. The first-order chi connectivity index (χ1) is 10.0. The minimum atomic E-state index is -4.49. The second kappa shape index (κ2) is 6.95. The Morgan fingerprint density at radius 3 is 2.45 bits per heavy atom. The van der Waals surface area contributed by atoms with Gasteiger partial charge in [-0.2, -0.15) is 8.42 Å². The number of aliphatic carboxylic acids is 1. The first-order valence-corrected chi connectivity index (χ1v) is 7.89. The standard InChI is InChI=1S/C12H15ClN2O6S/c1-6-8(13)4-7(22(19,20)21)5-10(6)15-9(12(17)18)2-3-11(14)16/h4-5,9,15H,2-3H2,1H3,(H2,14,16)(H,17,18)(H,19,20,21)/t9-/m0/s1. The van der Waals surface area contributed by atoms with Crippen LogP contribution in [-0.4, -0.2) is 36.0 Å². The van der Waals surface area contributed by atoms with Crippen molar-refractivity contribution in [3.8, 4) is 0 Å². The second-order valence-corrected chi connectivity index (χ2v) is 6.42. The Balaban J connectivity index is 3.16. The molecule has 0 fully saturated rings. The van der Waals surface area contributed by atoms with Gasteiger partial charge in [0.2, 0.25) is 5.91 Å². The quantitative estimate of drug-likeness (QED) is 0.537. The van der Waals surface area contributed by atoms with Crippen molar-refractivity contribution in [3.05, 3.63) is 22.7 Å². The van der Waals surface area contributed by atoms with Crippen molar-refractivity contribution in [3.63, 3.8) is 0 Å². The van der Waals surface area contributed by atoms with Crippen LogP contribution in [0.3, 0.4) is 0 Å². The highest BCUT2D eigenvalue weighted by Crippen LogP contribution is 2.29. The van der Waals surface area contributed by atoms with Gasteiger partial charge in [-0.25, -0.2) is 4.79 Å². The zero-order valence-corrected chi connectivity index (χ0v) is 13.1. The highest BCUT2D eigenvalue weighted by atomic mass is 35.5. The summed E-state index contributed by atoms with van der Waals surface area (Å²) in [6.07, 6.45) is -0.243. The maximum Gasteiger partial charge on any atom is 0.326 e. The number of hydrogen-bond acceptors (Lipinski definition) is 5. The number of nitrogens with one attached hydrogen (secondary N) is 1. The fraction of sp³-hybridized carbons (Fsp3) is 0.333. The van der Waals surface area contributed by atoms with Crippen molar-refractivity contribution < 1.29 is 27.7 Å². The Labute approximate surface area is 132 Å². The molecule has 0 heterocycles. The number of nitrogens with two attached hydrogens (primary N) is 1. The number of primary amides is 1. The summed E-state index contributed by atoms with van der Waals surface area (Å²) < 4.78 is 31.4. The fourth-order valence-electron chi connectivity index (χ4n) is 1.68. The molecular formula is C12H15ClN2O6S. The average Bonchev–Trinajstić information content (AvgIpc) is 2.37. The van der Waals surface area contributed by atoms with E-state index in [1.54, 1.807) is 6.92 Å². The summed E-state index contributed by atoms with van der Waals surface area (Å²) in [5, 5.41) is 11.7. The van der Waals surface area contributed by atoms with E-state index in [2.05, 4.69) is 5.32 Å². The van der Waals surface area contributed by atoms with Crippen molar-refractivity contribution in [2.45, 2.75) is 30.7 Å². The molecule has 8 nitrogen and oxygen atoms in total. The van der Waals surface area contributed by atoms with Gasteiger partial charge in [0.25, 0.3) is 10.1 Å². The number of carbonyl (C=O) groups excluding carboxylic acids is 1. The number of carboxylic acid groups (broad SMARTS) is 1. The van der Waals surface area contributed by atoms with E-state index in [-0.39, 0.29) is 23.6 Å². The van der Waals surface area contributed by atoms with Gasteiger partial charge in [-0.1, -0.05) is 11.6 Å². The van der Waals surface area contributed by atoms with Gasteiger partial charge in [-0.05, 0) is 31.0 Å². The van der Waals surface area contributed by atoms with Crippen molar-refractivity contribution >= 4 is 39.3 Å². The zero-order chi connectivity index (χ0) is 17.1. The number of anilines is 1. The third-order valence-corrected chi connectivity index (χ3v) is 4.15. The molecule has 0 saturated carbocycles. The topological polar surface area (TPSA) is 147 Å². The third-order valence-electron chi connectivity index (χ3n) is 2.92. The molecule has 0 spiro atoms. The lowest BCUT2D eigenvalue weighted by Crippen LogP contribution is -2.31. The smallest absolute Gasteiger partial charge is 0.326 e. The van der Waals surface area contributed by atoms with Gasteiger partial charge >= 0.3 is 5.97 Å². The van der Waals surface area contributed by atoms with Crippen molar-refractivity contribution in [1.82, 2.24) is 0 Å². The first-order valence-electron chi connectivity index (χ1n) is 6.07. The van der Waals surface area contributed by atoms with Crippen LogP contribution in [0.25, 0.3) is 0 Å². The van der Waals surface area contributed by atoms with E-state index in [0.29, 0.717) is 5.56 Å². The molecule has 5 N–H and O–H groups in total. The molecule has 0 aromatic heterocycles. The van der Waals surface area contributed by atoms with Crippen LogP contribution in [0.15, 0.2) is 17.0 Å². The number of halogens is 1. The summed E-state index contributed by atoms with van der Waals surface area (Å²) in [5.74, 6) is -1.90. The van der Waals surface area contributed by atoms with Gasteiger partial charge in [0.15, 0.2) is 0 Å². The monoisotopic (exact) mass is 350 g/mol. The van der Waals surface area contributed by atoms with Crippen molar-refractivity contribution in [1.29, 1.82) is 0 Å². The molecule has 0 radical (unpaired) electrons. The summed E-state index contributed by atoms with van der Waals surface area (Å²) in [5.41, 5.74) is 5.50. The minimum absolute atomic E-state index is 0.0386. The number of amides is 1. The Bertz CT molecular complexity index is 704. The van der Waals surface area contributed by atoms with Crippen LogP contribution in [0.4, 0.5) is 5.69 Å². The molecule has 0 saturated heterocycles. The van der Waals surface area contributed by atoms with E-state index in [1.165, 1.54) is 0 Å². The average molecular weight is 351 g/mol. The van der Waals surface area contributed by atoms with Crippen LogP contribution in [0.2, 0.25) is 5.02 Å². The molecule has 1 amide bonds. The molecular weight excluding hydrogens is 336 g/mol. The minimum Gasteiger partial charge on any atom is -0.480 e. The highest BCUT2D eigenvalue weighted by molar-refractivity contribution is 7.85. The molecule has 1 aromatic carbocycles. The molecule has 0 bridgehead atoms. The maximum atomic E-state index is 11.2. The number of carboxylic acids is 1. The maximum absolute atomic E-state index is 11.2. The molecule has 1 rings (SSSR count). The molecule has 122 valence electrons. The van der Waals surface area contributed by atoms with Crippen LogP contribution in [0, 0.1) is 6.92 Å². The van der Waals surface area contributed by atoms with E-state index in [4.69, 9.17) is 27.0 Å². The normalized spacial score (nSPS) is 12.7. The first kappa shape index (κ1) is 18.2. The van der Waals surface area contributed by atoms with Gasteiger partial charge in [0.05, 0.1) is 4.90 Å². The lowest BCUT2D eigenvalue weighted by atomic mass is 10.1. The lowest BCUT2D eigenvalue weighted by Gasteiger charge is -2.18. The number of hydrogen-bond donors (Lipinski definition) is 4. The molecule has 0 unspecified atom stereocenters. The van der Waals surface area contributed by atoms with Gasteiger partial charge in [0.1, 0.15) is 6.04 Å². The Kier molecular flexibility index (Phi) is 5.75.